The molecule has 2 N–H and O–H groups in total. The molecule has 2 aromatic rings. The van der Waals surface area contributed by atoms with Crippen LogP contribution < -0.4 is 10.0 Å². The first-order valence-electron chi connectivity index (χ1n) is 12.3. The molecule has 186 valence electrons. The van der Waals surface area contributed by atoms with Gasteiger partial charge in [-0.3, -0.25) is 14.3 Å². The van der Waals surface area contributed by atoms with Gasteiger partial charge < -0.3 is 10.2 Å². The van der Waals surface area contributed by atoms with Crippen molar-refractivity contribution in [3.05, 3.63) is 72.3 Å². The lowest BCUT2D eigenvalue weighted by Gasteiger charge is -2.24. The topological polar surface area (TPSA) is 95.6 Å². The molecule has 0 spiro atoms. The molecular formula is C27H33N3O4S. The molecule has 0 unspecified atom stereocenters. The number of carbonyl (C=O) groups excluding carboxylic acids is 2. The summed E-state index contributed by atoms with van der Waals surface area (Å²) in [4.78, 5) is 27.2. The van der Waals surface area contributed by atoms with Crippen molar-refractivity contribution in [2.24, 2.45) is 0 Å². The van der Waals surface area contributed by atoms with Gasteiger partial charge in [0, 0.05) is 24.3 Å². The van der Waals surface area contributed by atoms with Crippen molar-refractivity contribution in [2.45, 2.75) is 61.8 Å². The lowest BCUT2D eigenvalue weighted by Crippen LogP contribution is -2.46. The van der Waals surface area contributed by atoms with Crippen molar-refractivity contribution in [1.29, 1.82) is 0 Å². The van der Waals surface area contributed by atoms with E-state index in [1.807, 2.05) is 12.1 Å². The Bertz CT molecular complexity index is 1150. The van der Waals surface area contributed by atoms with E-state index in [4.69, 9.17) is 0 Å². The maximum atomic E-state index is 13.0. The van der Waals surface area contributed by atoms with E-state index in [0.29, 0.717) is 36.7 Å². The first-order valence-corrected chi connectivity index (χ1v) is 13.8. The van der Waals surface area contributed by atoms with Crippen molar-refractivity contribution < 1.29 is 18.0 Å². The number of nitrogens with one attached hydrogen (secondary N) is 2. The standard InChI is InChI=1S/C27H33N3O4S/c1-2-18-28-26(31)25-9-6-19-30(25)27(32)22-10-14-23(15-11-22)29-35(33,34)24-16-12-21(13-17-24)20-7-4-3-5-8-20/h2,10-17,20,25,29H,1,3-9,18-19H2,(H,28,31)/t25-/m1/s1. The van der Waals surface area contributed by atoms with E-state index in [1.54, 1.807) is 47.4 Å². The second-order valence-electron chi connectivity index (χ2n) is 9.28. The van der Waals surface area contributed by atoms with E-state index in [9.17, 15) is 18.0 Å². The first kappa shape index (κ1) is 25.0. The van der Waals surface area contributed by atoms with E-state index in [0.717, 1.165) is 19.3 Å². The molecule has 1 heterocycles. The second-order valence-corrected chi connectivity index (χ2v) is 11.0. The average molecular weight is 496 g/mol. The molecule has 2 amide bonds. The zero-order valence-corrected chi connectivity index (χ0v) is 20.7. The van der Waals surface area contributed by atoms with Gasteiger partial charge in [-0.2, -0.15) is 0 Å². The van der Waals surface area contributed by atoms with Crippen LogP contribution in [0.15, 0.2) is 66.1 Å². The summed E-state index contributed by atoms with van der Waals surface area (Å²) in [5, 5.41) is 2.76. The van der Waals surface area contributed by atoms with Gasteiger partial charge in [-0.25, -0.2) is 8.42 Å². The van der Waals surface area contributed by atoms with Crippen molar-refractivity contribution >= 4 is 27.5 Å². The van der Waals surface area contributed by atoms with Gasteiger partial charge in [0.05, 0.1) is 4.90 Å². The molecule has 1 atom stereocenters. The SMILES string of the molecule is C=CCNC(=O)[C@H]1CCCN1C(=O)c1ccc(NS(=O)(=O)c2ccc(C3CCCCC3)cc2)cc1. The first-order chi connectivity index (χ1) is 16.9. The molecular weight excluding hydrogens is 462 g/mol. The van der Waals surface area contributed by atoms with Crippen molar-refractivity contribution in [1.82, 2.24) is 10.2 Å². The van der Waals surface area contributed by atoms with E-state index < -0.39 is 16.1 Å². The number of anilines is 1. The molecule has 8 heteroatoms. The third-order valence-electron chi connectivity index (χ3n) is 6.89. The van der Waals surface area contributed by atoms with E-state index in [1.165, 1.54) is 24.8 Å². The van der Waals surface area contributed by atoms with E-state index in [-0.39, 0.29) is 16.7 Å². The molecule has 7 nitrogen and oxygen atoms in total. The van der Waals surface area contributed by atoms with Gasteiger partial charge in [-0.1, -0.05) is 37.5 Å². The van der Waals surface area contributed by atoms with Crippen LogP contribution in [0.2, 0.25) is 0 Å². The van der Waals surface area contributed by atoms with Crippen LogP contribution in [0, 0.1) is 0 Å². The summed E-state index contributed by atoms with van der Waals surface area (Å²) in [5.41, 5.74) is 1.98. The number of hydrogen-bond acceptors (Lipinski definition) is 4. The van der Waals surface area contributed by atoms with Gasteiger partial charge in [0.15, 0.2) is 0 Å². The summed E-state index contributed by atoms with van der Waals surface area (Å²) in [5.74, 6) is 0.0883. The monoisotopic (exact) mass is 495 g/mol. The van der Waals surface area contributed by atoms with Gasteiger partial charge in [-0.15, -0.1) is 6.58 Å². The summed E-state index contributed by atoms with van der Waals surface area (Å²) < 4.78 is 28.4. The lowest BCUT2D eigenvalue weighted by molar-refractivity contribution is -0.124. The van der Waals surface area contributed by atoms with Crippen LogP contribution in [-0.2, 0) is 14.8 Å². The Morgan fingerprint density at radius 1 is 0.943 bits per heavy atom. The summed E-state index contributed by atoms with van der Waals surface area (Å²) in [6.45, 7) is 4.46. The van der Waals surface area contributed by atoms with Crippen molar-refractivity contribution in [3.8, 4) is 0 Å². The number of benzene rings is 2. The van der Waals surface area contributed by atoms with Crippen LogP contribution >= 0.6 is 0 Å². The molecule has 2 fully saturated rings. The Labute approximate surface area is 207 Å². The minimum absolute atomic E-state index is 0.186. The van der Waals surface area contributed by atoms with Crippen LogP contribution in [0.3, 0.4) is 0 Å². The molecule has 1 saturated carbocycles. The normalized spacial score (nSPS) is 18.7. The second kappa shape index (κ2) is 11.1. The van der Waals surface area contributed by atoms with Crippen molar-refractivity contribution in [2.75, 3.05) is 17.8 Å². The highest BCUT2D eigenvalue weighted by Crippen LogP contribution is 2.33. The Hall–Kier alpha value is -3.13. The Kier molecular flexibility index (Phi) is 7.90. The van der Waals surface area contributed by atoms with Gasteiger partial charge in [0.25, 0.3) is 15.9 Å². The highest BCUT2D eigenvalue weighted by molar-refractivity contribution is 7.92. The lowest BCUT2D eigenvalue weighted by atomic mass is 9.84. The van der Waals surface area contributed by atoms with Gasteiger partial charge in [0.2, 0.25) is 5.91 Å². The fraction of sp³-hybridized carbons (Fsp3) is 0.407. The summed E-state index contributed by atoms with van der Waals surface area (Å²) in [6, 6.07) is 13.0. The molecule has 1 aliphatic carbocycles. The number of nitrogens with zero attached hydrogens (tertiary/aromatic N) is 1. The van der Waals surface area contributed by atoms with Crippen LogP contribution in [0.4, 0.5) is 5.69 Å². The molecule has 2 aromatic carbocycles. The molecule has 0 bridgehead atoms. The maximum Gasteiger partial charge on any atom is 0.261 e. The molecule has 0 radical (unpaired) electrons. The predicted octanol–water partition coefficient (Wildman–Crippen LogP) is 4.44. The Morgan fingerprint density at radius 2 is 1.63 bits per heavy atom. The molecule has 2 aliphatic rings. The van der Waals surface area contributed by atoms with Gasteiger partial charge >= 0.3 is 0 Å². The molecule has 35 heavy (non-hydrogen) atoms. The van der Waals surface area contributed by atoms with E-state index in [2.05, 4.69) is 16.6 Å². The number of amides is 2. The van der Waals surface area contributed by atoms with Crippen LogP contribution in [-0.4, -0.2) is 44.3 Å². The smallest absolute Gasteiger partial charge is 0.261 e. The number of carbonyl (C=O) groups is 2. The quantitative estimate of drug-likeness (QED) is 0.529. The number of sulfonamides is 1. The number of hydrogen-bond donors (Lipinski definition) is 2. The fourth-order valence-electron chi connectivity index (χ4n) is 4.99. The van der Waals surface area contributed by atoms with Crippen LogP contribution in [0.1, 0.15) is 66.8 Å². The molecule has 4 rings (SSSR count). The third kappa shape index (κ3) is 5.93. The van der Waals surface area contributed by atoms with Gasteiger partial charge in [0.1, 0.15) is 6.04 Å². The number of likely N-dealkylation sites (tertiary alicyclic amines) is 1. The van der Waals surface area contributed by atoms with Gasteiger partial charge in [-0.05, 0) is 73.6 Å². The zero-order chi connectivity index (χ0) is 24.8. The summed E-state index contributed by atoms with van der Waals surface area (Å²) in [7, 11) is -3.74. The minimum Gasteiger partial charge on any atom is -0.351 e. The highest BCUT2D eigenvalue weighted by Gasteiger charge is 2.34. The third-order valence-corrected chi connectivity index (χ3v) is 8.29. The minimum atomic E-state index is -3.74. The van der Waals surface area contributed by atoms with E-state index >= 15 is 0 Å². The number of rotatable bonds is 8. The molecule has 0 aromatic heterocycles. The zero-order valence-electron chi connectivity index (χ0n) is 19.9. The highest BCUT2D eigenvalue weighted by atomic mass is 32.2. The van der Waals surface area contributed by atoms with Crippen LogP contribution in [0.5, 0.6) is 0 Å². The maximum absolute atomic E-state index is 13.0. The fourth-order valence-corrected chi connectivity index (χ4v) is 6.05. The predicted molar refractivity (Wildman–Crippen MR) is 137 cm³/mol. The molecule has 1 saturated heterocycles. The summed E-state index contributed by atoms with van der Waals surface area (Å²) >= 11 is 0. The Balaban J connectivity index is 1.40. The van der Waals surface area contributed by atoms with Crippen molar-refractivity contribution in [3.63, 3.8) is 0 Å². The average Bonchev–Trinajstić information content (AvgIpc) is 3.38. The Morgan fingerprint density at radius 3 is 2.29 bits per heavy atom. The largest absolute Gasteiger partial charge is 0.351 e. The van der Waals surface area contributed by atoms with Crippen LogP contribution in [0.25, 0.3) is 0 Å². The molecule has 1 aliphatic heterocycles. The summed E-state index contributed by atoms with van der Waals surface area (Å²) in [6.07, 6.45) is 9.03.